The number of hydrogen-bond donors (Lipinski definition) is 2. The van der Waals surface area contributed by atoms with Crippen LogP contribution in [-0.4, -0.2) is 23.8 Å². The first-order chi connectivity index (χ1) is 6.12. The van der Waals surface area contributed by atoms with E-state index in [9.17, 15) is 5.11 Å². The molecule has 0 aromatic carbocycles. The highest BCUT2D eigenvalue weighted by atomic mass is 35.5. The topological polar surface area (TPSA) is 32.3 Å². The third-order valence-electron chi connectivity index (χ3n) is 2.56. The van der Waals surface area contributed by atoms with Crippen LogP contribution in [0.3, 0.4) is 0 Å². The molecule has 0 atom stereocenters. The van der Waals surface area contributed by atoms with Gasteiger partial charge in [-0.3, -0.25) is 0 Å². The van der Waals surface area contributed by atoms with Crippen LogP contribution in [0, 0.1) is 0 Å². The second-order valence-corrected chi connectivity index (χ2v) is 4.44. The summed E-state index contributed by atoms with van der Waals surface area (Å²) in [6.45, 7) is 4.81. The maximum absolute atomic E-state index is 10.0. The van der Waals surface area contributed by atoms with Crippen molar-refractivity contribution in [3.63, 3.8) is 0 Å². The second kappa shape index (κ2) is 4.99. The number of aliphatic hydroxyl groups is 1. The molecule has 1 fully saturated rings. The predicted molar refractivity (Wildman–Crippen MR) is 55.9 cm³/mol. The quantitative estimate of drug-likeness (QED) is 0.733. The SMILES string of the molecule is C=C(Cl)CNCC1(O)CCCCC1. The van der Waals surface area contributed by atoms with Gasteiger partial charge in [-0.1, -0.05) is 37.4 Å². The molecule has 0 aromatic heterocycles. The lowest BCUT2D eigenvalue weighted by molar-refractivity contribution is 0.00571. The average molecular weight is 204 g/mol. The molecule has 0 saturated heterocycles. The molecule has 3 heteroatoms. The summed E-state index contributed by atoms with van der Waals surface area (Å²) in [5.74, 6) is 0. The minimum Gasteiger partial charge on any atom is -0.389 e. The van der Waals surface area contributed by atoms with E-state index in [0.29, 0.717) is 18.1 Å². The summed E-state index contributed by atoms with van der Waals surface area (Å²) in [7, 11) is 0. The van der Waals surface area contributed by atoms with Crippen molar-refractivity contribution < 1.29 is 5.11 Å². The molecular weight excluding hydrogens is 186 g/mol. The van der Waals surface area contributed by atoms with Crippen LogP contribution in [0.5, 0.6) is 0 Å². The highest BCUT2D eigenvalue weighted by Gasteiger charge is 2.28. The van der Waals surface area contributed by atoms with Crippen LogP contribution in [-0.2, 0) is 0 Å². The van der Waals surface area contributed by atoms with Gasteiger partial charge in [0.15, 0.2) is 0 Å². The lowest BCUT2D eigenvalue weighted by Crippen LogP contribution is -2.42. The smallest absolute Gasteiger partial charge is 0.0771 e. The lowest BCUT2D eigenvalue weighted by atomic mass is 9.85. The molecule has 2 N–H and O–H groups in total. The van der Waals surface area contributed by atoms with Crippen molar-refractivity contribution in [1.29, 1.82) is 0 Å². The van der Waals surface area contributed by atoms with Crippen molar-refractivity contribution in [2.75, 3.05) is 13.1 Å². The Balaban J connectivity index is 2.21. The summed E-state index contributed by atoms with van der Waals surface area (Å²) >= 11 is 5.60. The van der Waals surface area contributed by atoms with Gasteiger partial charge in [0.2, 0.25) is 0 Å². The lowest BCUT2D eigenvalue weighted by Gasteiger charge is -2.32. The molecule has 0 amide bonds. The molecule has 0 aromatic rings. The van der Waals surface area contributed by atoms with Crippen molar-refractivity contribution >= 4 is 11.6 Å². The van der Waals surface area contributed by atoms with Crippen LogP contribution in [0.15, 0.2) is 11.6 Å². The Kier molecular flexibility index (Phi) is 4.23. The number of rotatable bonds is 4. The molecule has 2 nitrogen and oxygen atoms in total. The molecule has 0 heterocycles. The Morgan fingerprint density at radius 3 is 2.54 bits per heavy atom. The predicted octanol–water partition coefficient (Wildman–Crippen LogP) is 2.02. The monoisotopic (exact) mass is 203 g/mol. The van der Waals surface area contributed by atoms with Gasteiger partial charge in [0, 0.05) is 18.1 Å². The Labute approximate surface area is 85.0 Å². The first-order valence-electron chi connectivity index (χ1n) is 4.89. The molecule has 0 unspecified atom stereocenters. The summed E-state index contributed by atoms with van der Waals surface area (Å²) in [6, 6.07) is 0. The molecule has 0 bridgehead atoms. The van der Waals surface area contributed by atoms with Gasteiger partial charge in [-0.15, -0.1) is 0 Å². The summed E-state index contributed by atoms with van der Waals surface area (Å²) < 4.78 is 0. The zero-order valence-electron chi connectivity index (χ0n) is 7.98. The third kappa shape index (κ3) is 4.12. The molecule has 0 spiro atoms. The van der Waals surface area contributed by atoms with E-state index in [-0.39, 0.29) is 0 Å². The summed E-state index contributed by atoms with van der Waals surface area (Å²) in [5, 5.41) is 13.8. The van der Waals surface area contributed by atoms with Crippen molar-refractivity contribution in [3.05, 3.63) is 11.6 Å². The van der Waals surface area contributed by atoms with Gasteiger partial charge in [0.1, 0.15) is 0 Å². The van der Waals surface area contributed by atoms with Crippen LogP contribution in [0.1, 0.15) is 32.1 Å². The molecule has 1 aliphatic rings. The van der Waals surface area contributed by atoms with Crippen LogP contribution < -0.4 is 5.32 Å². The highest BCUT2D eigenvalue weighted by Crippen LogP contribution is 2.27. The number of halogens is 1. The maximum atomic E-state index is 10.0. The Hall–Kier alpha value is -0.0500. The van der Waals surface area contributed by atoms with Gasteiger partial charge in [0.25, 0.3) is 0 Å². The van der Waals surface area contributed by atoms with E-state index < -0.39 is 5.60 Å². The van der Waals surface area contributed by atoms with Gasteiger partial charge in [-0.05, 0) is 12.8 Å². The molecule has 1 rings (SSSR count). The zero-order valence-corrected chi connectivity index (χ0v) is 8.74. The normalized spacial score (nSPS) is 21.4. The van der Waals surface area contributed by atoms with Gasteiger partial charge in [-0.2, -0.15) is 0 Å². The second-order valence-electron chi connectivity index (χ2n) is 3.91. The Morgan fingerprint density at radius 1 is 1.38 bits per heavy atom. The minimum atomic E-state index is -0.495. The van der Waals surface area contributed by atoms with E-state index in [1.54, 1.807) is 0 Å². The van der Waals surface area contributed by atoms with Crippen LogP contribution in [0.2, 0.25) is 0 Å². The molecule has 13 heavy (non-hydrogen) atoms. The summed E-state index contributed by atoms with van der Waals surface area (Å²) in [5.41, 5.74) is -0.495. The zero-order chi connectivity index (χ0) is 9.73. The fourth-order valence-electron chi connectivity index (χ4n) is 1.82. The minimum absolute atomic E-state index is 0.495. The summed E-state index contributed by atoms with van der Waals surface area (Å²) in [6.07, 6.45) is 5.36. The molecular formula is C10H18ClNO. The van der Waals surface area contributed by atoms with Gasteiger partial charge in [0.05, 0.1) is 5.60 Å². The van der Waals surface area contributed by atoms with Gasteiger partial charge in [-0.25, -0.2) is 0 Å². The molecule has 76 valence electrons. The summed E-state index contributed by atoms with van der Waals surface area (Å²) in [4.78, 5) is 0. The molecule has 0 radical (unpaired) electrons. The van der Waals surface area contributed by atoms with Crippen LogP contribution in [0.4, 0.5) is 0 Å². The maximum Gasteiger partial charge on any atom is 0.0771 e. The van der Waals surface area contributed by atoms with Crippen molar-refractivity contribution in [2.24, 2.45) is 0 Å². The van der Waals surface area contributed by atoms with Crippen molar-refractivity contribution in [3.8, 4) is 0 Å². The van der Waals surface area contributed by atoms with E-state index in [1.165, 1.54) is 6.42 Å². The van der Waals surface area contributed by atoms with Gasteiger partial charge >= 0.3 is 0 Å². The number of nitrogens with one attached hydrogen (secondary N) is 1. The Morgan fingerprint density at radius 2 is 2.00 bits per heavy atom. The first kappa shape index (κ1) is 11.0. The average Bonchev–Trinajstić information content (AvgIpc) is 2.04. The molecule has 1 saturated carbocycles. The Bertz CT molecular complexity index is 176. The molecule has 0 aliphatic heterocycles. The van der Waals surface area contributed by atoms with E-state index in [0.717, 1.165) is 25.7 Å². The first-order valence-corrected chi connectivity index (χ1v) is 5.27. The fraction of sp³-hybridized carbons (Fsp3) is 0.800. The van der Waals surface area contributed by atoms with Crippen molar-refractivity contribution in [2.45, 2.75) is 37.7 Å². The van der Waals surface area contributed by atoms with E-state index >= 15 is 0 Å². The largest absolute Gasteiger partial charge is 0.389 e. The molecule has 1 aliphatic carbocycles. The number of hydrogen-bond acceptors (Lipinski definition) is 2. The highest BCUT2D eigenvalue weighted by molar-refractivity contribution is 6.29. The van der Waals surface area contributed by atoms with E-state index in [4.69, 9.17) is 11.6 Å². The van der Waals surface area contributed by atoms with E-state index in [2.05, 4.69) is 11.9 Å². The van der Waals surface area contributed by atoms with Gasteiger partial charge < -0.3 is 10.4 Å². The van der Waals surface area contributed by atoms with E-state index in [1.807, 2.05) is 0 Å². The van der Waals surface area contributed by atoms with Crippen molar-refractivity contribution in [1.82, 2.24) is 5.32 Å². The third-order valence-corrected chi connectivity index (χ3v) is 2.69. The van der Waals surface area contributed by atoms with Crippen LogP contribution >= 0.6 is 11.6 Å². The fourth-order valence-corrected chi connectivity index (χ4v) is 1.91. The standard InChI is InChI=1S/C10H18ClNO/c1-9(11)7-12-8-10(13)5-3-2-4-6-10/h12-13H,1-8H2. The van der Waals surface area contributed by atoms with Crippen LogP contribution in [0.25, 0.3) is 0 Å².